The molecule has 0 aliphatic rings. The first kappa shape index (κ1) is 13.7. The van der Waals surface area contributed by atoms with E-state index in [9.17, 15) is 0 Å². The number of hydrogen-bond donors (Lipinski definition) is 1. The maximum atomic E-state index is 8.84. The summed E-state index contributed by atoms with van der Waals surface area (Å²) in [6.07, 6.45) is 3.27. The molecule has 0 radical (unpaired) electrons. The first-order valence-corrected chi connectivity index (χ1v) is 6.63. The average Bonchev–Trinajstić information content (AvgIpc) is 2.13. The lowest BCUT2D eigenvalue weighted by Gasteiger charge is -2.43. The molecule has 0 aliphatic carbocycles. The normalized spacial score (nSPS) is 17.1. The highest BCUT2D eigenvalue weighted by Crippen LogP contribution is 2.46. The van der Waals surface area contributed by atoms with Gasteiger partial charge in [-0.05, 0) is 30.1 Å². The first-order valence-electron chi connectivity index (χ1n) is 5.10. The van der Waals surface area contributed by atoms with Crippen LogP contribution in [-0.4, -0.2) is 16.1 Å². The van der Waals surface area contributed by atoms with E-state index in [1.54, 1.807) is 0 Å². The molecule has 0 heterocycles. The van der Waals surface area contributed by atoms with Crippen molar-refractivity contribution in [1.82, 2.24) is 0 Å². The zero-order valence-electron chi connectivity index (χ0n) is 9.36. The summed E-state index contributed by atoms with van der Waals surface area (Å²) in [6.45, 7) is 9.59. The summed E-state index contributed by atoms with van der Waals surface area (Å²) in [4.78, 5) is 0. The van der Waals surface area contributed by atoms with E-state index < -0.39 is 0 Å². The topological polar surface area (TPSA) is 20.2 Å². The molecule has 0 aliphatic heterocycles. The first-order chi connectivity index (χ1) is 5.93. The molecule has 0 aromatic rings. The van der Waals surface area contributed by atoms with Crippen LogP contribution in [-0.2, 0) is 0 Å². The highest BCUT2D eigenvalue weighted by atomic mass is 127. The second-order valence-electron chi connectivity index (χ2n) is 4.76. The van der Waals surface area contributed by atoms with Crippen molar-refractivity contribution in [3.05, 3.63) is 0 Å². The lowest BCUT2D eigenvalue weighted by Crippen LogP contribution is -2.36. The van der Waals surface area contributed by atoms with Crippen LogP contribution in [0.4, 0.5) is 0 Å². The van der Waals surface area contributed by atoms with E-state index in [0.717, 1.165) is 12.8 Å². The van der Waals surface area contributed by atoms with Crippen molar-refractivity contribution in [2.45, 2.75) is 47.0 Å². The fourth-order valence-corrected chi connectivity index (χ4v) is 3.15. The maximum absolute atomic E-state index is 8.84. The van der Waals surface area contributed by atoms with Gasteiger partial charge >= 0.3 is 0 Å². The molecule has 1 nitrogen and oxygen atoms in total. The fraction of sp³-hybridized carbons (Fsp3) is 1.00. The third-order valence-corrected chi connectivity index (χ3v) is 5.35. The van der Waals surface area contributed by atoms with Crippen molar-refractivity contribution in [2.75, 3.05) is 11.0 Å². The van der Waals surface area contributed by atoms with Gasteiger partial charge in [-0.1, -0.05) is 50.3 Å². The molecule has 0 rings (SSSR count). The van der Waals surface area contributed by atoms with E-state index in [4.69, 9.17) is 5.11 Å². The highest BCUT2D eigenvalue weighted by molar-refractivity contribution is 14.1. The summed E-state index contributed by atoms with van der Waals surface area (Å²) in [5.41, 5.74) is 0.744. The Morgan fingerprint density at radius 1 is 1.23 bits per heavy atom. The van der Waals surface area contributed by atoms with Gasteiger partial charge in [0.05, 0.1) is 0 Å². The van der Waals surface area contributed by atoms with Crippen LogP contribution in [0.3, 0.4) is 0 Å². The minimum Gasteiger partial charge on any atom is -0.396 e. The van der Waals surface area contributed by atoms with Crippen LogP contribution in [0.25, 0.3) is 0 Å². The largest absolute Gasteiger partial charge is 0.396 e. The Kier molecular flexibility index (Phi) is 5.84. The Balaban J connectivity index is 4.37. The molecular weight excluding hydrogens is 275 g/mol. The molecule has 80 valence electrons. The molecule has 2 heteroatoms. The molecule has 0 spiro atoms. The van der Waals surface area contributed by atoms with Crippen molar-refractivity contribution >= 4 is 22.6 Å². The van der Waals surface area contributed by atoms with Gasteiger partial charge in [0.1, 0.15) is 0 Å². The number of rotatable bonds is 6. The number of hydrogen-bond acceptors (Lipinski definition) is 1. The predicted molar refractivity (Wildman–Crippen MR) is 67.4 cm³/mol. The lowest BCUT2D eigenvalue weighted by molar-refractivity contribution is 0.0915. The monoisotopic (exact) mass is 298 g/mol. The minimum absolute atomic E-state index is 0.324. The molecule has 0 saturated heterocycles. The van der Waals surface area contributed by atoms with E-state index >= 15 is 0 Å². The van der Waals surface area contributed by atoms with Crippen LogP contribution in [0.1, 0.15) is 47.0 Å². The van der Waals surface area contributed by atoms with Gasteiger partial charge in [-0.15, -0.1) is 0 Å². The van der Waals surface area contributed by atoms with Gasteiger partial charge in [0.25, 0.3) is 0 Å². The Bertz CT molecular complexity index is 139. The Morgan fingerprint density at radius 3 is 2.08 bits per heavy atom. The van der Waals surface area contributed by atoms with Gasteiger partial charge in [0.2, 0.25) is 0 Å². The van der Waals surface area contributed by atoms with E-state index in [1.807, 2.05) is 0 Å². The summed E-state index contributed by atoms with van der Waals surface area (Å²) in [5.74, 6) is 0. The van der Waals surface area contributed by atoms with Crippen LogP contribution in [0.2, 0.25) is 0 Å². The van der Waals surface area contributed by atoms with Gasteiger partial charge in [0.15, 0.2) is 0 Å². The number of aliphatic hydroxyl groups is 1. The van der Waals surface area contributed by atoms with Gasteiger partial charge < -0.3 is 5.11 Å². The minimum atomic E-state index is 0.324. The molecule has 1 atom stereocenters. The summed E-state index contributed by atoms with van der Waals surface area (Å²) < 4.78 is 1.19. The van der Waals surface area contributed by atoms with Crippen molar-refractivity contribution in [1.29, 1.82) is 0 Å². The standard InChI is InChI=1S/C11H23IO/c1-5-11(4,9-12)10(2,3)7-6-8-13/h13H,5-9H2,1-4H3. The van der Waals surface area contributed by atoms with Gasteiger partial charge in [-0.2, -0.15) is 0 Å². The van der Waals surface area contributed by atoms with Crippen LogP contribution in [0.15, 0.2) is 0 Å². The maximum Gasteiger partial charge on any atom is 0.0431 e. The van der Waals surface area contributed by atoms with Gasteiger partial charge in [-0.25, -0.2) is 0 Å². The molecule has 0 aromatic carbocycles. The van der Waals surface area contributed by atoms with Crippen LogP contribution in [0.5, 0.6) is 0 Å². The van der Waals surface area contributed by atoms with Crippen LogP contribution < -0.4 is 0 Å². The highest BCUT2D eigenvalue weighted by Gasteiger charge is 2.37. The van der Waals surface area contributed by atoms with Crippen molar-refractivity contribution in [3.63, 3.8) is 0 Å². The van der Waals surface area contributed by atoms with E-state index in [2.05, 4.69) is 50.3 Å². The summed E-state index contributed by atoms with van der Waals surface area (Å²) in [6, 6.07) is 0. The lowest BCUT2D eigenvalue weighted by atomic mass is 9.64. The second kappa shape index (κ2) is 5.54. The molecular formula is C11H23IO. The molecule has 0 aromatic heterocycles. The number of alkyl halides is 1. The molecule has 0 fully saturated rings. The smallest absolute Gasteiger partial charge is 0.0431 e. The quantitative estimate of drug-likeness (QED) is 0.586. The van der Waals surface area contributed by atoms with Gasteiger partial charge in [0, 0.05) is 11.0 Å². The van der Waals surface area contributed by atoms with Crippen molar-refractivity contribution in [2.24, 2.45) is 10.8 Å². The van der Waals surface area contributed by atoms with E-state index in [1.165, 1.54) is 10.8 Å². The third-order valence-electron chi connectivity index (χ3n) is 3.67. The molecule has 0 saturated carbocycles. The van der Waals surface area contributed by atoms with Crippen LogP contribution in [0, 0.1) is 10.8 Å². The fourth-order valence-electron chi connectivity index (χ4n) is 1.58. The Labute approximate surface area is 96.4 Å². The van der Waals surface area contributed by atoms with Gasteiger partial charge in [-0.3, -0.25) is 0 Å². The summed E-state index contributed by atoms with van der Waals surface area (Å²) in [7, 11) is 0. The van der Waals surface area contributed by atoms with E-state index in [-0.39, 0.29) is 0 Å². The summed E-state index contributed by atoms with van der Waals surface area (Å²) >= 11 is 2.48. The molecule has 1 N–H and O–H groups in total. The van der Waals surface area contributed by atoms with Crippen LogP contribution >= 0.6 is 22.6 Å². The molecule has 0 amide bonds. The Morgan fingerprint density at radius 2 is 1.77 bits per heavy atom. The van der Waals surface area contributed by atoms with Crippen molar-refractivity contribution < 1.29 is 5.11 Å². The third kappa shape index (κ3) is 3.39. The second-order valence-corrected chi connectivity index (χ2v) is 5.52. The zero-order chi connectivity index (χ0) is 10.5. The Hall–Kier alpha value is 0.690. The van der Waals surface area contributed by atoms with Crippen molar-refractivity contribution in [3.8, 4) is 0 Å². The molecule has 0 bridgehead atoms. The zero-order valence-corrected chi connectivity index (χ0v) is 11.5. The average molecular weight is 298 g/mol. The number of halogens is 1. The number of aliphatic hydroxyl groups excluding tert-OH is 1. The van der Waals surface area contributed by atoms with E-state index in [0.29, 0.717) is 17.4 Å². The predicted octanol–water partition coefficient (Wildman–Crippen LogP) is 3.64. The SMILES string of the molecule is CCC(C)(CI)C(C)(C)CCCO. The molecule has 1 unspecified atom stereocenters. The molecule has 13 heavy (non-hydrogen) atoms. The summed E-state index contributed by atoms with van der Waals surface area (Å²) in [5, 5.41) is 8.84.